The van der Waals surface area contributed by atoms with E-state index in [0.717, 1.165) is 10.6 Å². The van der Waals surface area contributed by atoms with Gasteiger partial charge >= 0.3 is 0 Å². The lowest BCUT2D eigenvalue weighted by Crippen LogP contribution is -1.69. The van der Waals surface area contributed by atoms with Crippen molar-refractivity contribution in [2.24, 2.45) is 0 Å². The predicted octanol–water partition coefficient (Wildman–Crippen LogP) is 3.15. The zero-order valence-corrected chi connectivity index (χ0v) is 7.91. The summed E-state index contributed by atoms with van der Waals surface area (Å²) in [5, 5.41) is 9.30. The molecule has 3 heteroatoms. The van der Waals surface area contributed by atoms with Gasteiger partial charge in [-0.1, -0.05) is 40.6 Å². The first-order chi connectivity index (χ1) is 5.34. The van der Waals surface area contributed by atoms with Crippen LogP contribution in [0, 0.1) is 0 Å². The highest BCUT2D eigenvalue weighted by Crippen LogP contribution is 2.36. The average molecular weight is 186 g/mol. The van der Waals surface area contributed by atoms with E-state index in [9.17, 15) is 5.11 Å². The van der Waals surface area contributed by atoms with Crippen LogP contribution >= 0.6 is 21.6 Å². The molecule has 1 aromatic rings. The van der Waals surface area contributed by atoms with E-state index >= 15 is 0 Å². The van der Waals surface area contributed by atoms with Gasteiger partial charge in [0.05, 0.1) is 4.90 Å². The van der Waals surface area contributed by atoms with E-state index in [1.165, 1.54) is 0 Å². The summed E-state index contributed by atoms with van der Waals surface area (Å²) in [4.78, 5) is 0.944. The molecule has 0 bridgehead atoms. The molecule has 0 atom stereocenters. The normalized spacial score (nSPS) is 9.91. The maximum Gasteiger partial charge on any atom is 0.129 e. The van der Waals surface area contributed by atoms with Gasteiger partial charge in [-0.25, -0.2) is 0 Å². The second kappa shape index (κ2) is 4.57. The number of hydrogen-bond donors (Lipinski definition) is 1. The van der Waals surface area contributed by atoms with Crippen molar-refractivity contribution < 1.29 is 5.11 Å². The summed E-state index contributed by atoms with van der Waals surface area (Å²) in [6.07, 6.45) is 0. The maximum absolute atomic E-state index is 9.30. The van der Waals surface area contributed by atoms with Crippen LogP contribution in [0.5, 0.6) is 5.75 Å². The van der Waals surface area contributed by atoms with Gasteiger partial charge in [-0.3, -0.25) is 0 Å². The molecule has 0 aliphatic rings. The Hall–Kier alpha value is -0.280. The molecule has 0 aliphatic heterocycles. The van der Waals surface area contributed by atoms with Crippen LogP contribution in [0.3, 0.4) is 0 Å². The van der Waals surface area contributed by atoms with Crippen LogP contribution in [0.15, 0.2) is 29.2 Å². The third-order valence-corrected chi connectivity index (χ3v) is 3.61. The van der Waals surface area contributed by atoms with E-state index in [1.807, 2.05) is 18.2 Å². The first-order valence-electron chi connectivity index (χ1n) is 3.42. The van der Waals surface area contributed by atoms with Crippen LogP contribution in [0.1, 0.15) is 6.92 Å². The van der Waals surface area contributed by atoms with Gasteiger partial charge in [-0.05, 0) is 12.1 Å². The molecule has 1 rings (SSSR count). The molecular weight excluding hydrogens is 176 g/mol. The Labute approximate surface area is 74.6 Å². The quantitative estimate of drug-likeness (QED) is 0.732. The molecule has 0 saturated carbocycles. The van der Waals surface area contributed by atoms with Gasteiger partial charge < -0.3 is 5.11 Å². The van der Waals surface area contributed by atoms with E-state index < -0.39 is 0 Å². The lowest BCUT2D eigenvalue weighted by Gasteiger charge is -2.00. The molecule has 0 aromatic heterocycles. The van der Waals surface area contributed by atoms with E-state index in [1.54, 1.807) is 27.7 Å². The maximum atomic E-state index is 9.30. The zero-order valence-electron chi connectivity index (χ0n) is 6.28. The van der Waals surface area contributed by atoms with Crippen molar-refractivity contribution >= 4 is 21.6 Å². The Kier molecular flexibility index (Phi) is 3.66. The smallest absolute Gasteiger partial charge is 0.129 e. The molecule has 0 spiro atoms. The van der Waals surface area contributed by atoms with Crippen LogP contribution in [0.2, 0.25) is 0 Å². The summed E-state index contributed by atoms with van der Waals surface area (Å²) < 4.78 is 0. The topological polar surface area (TPSA) is 20.2 Å². The number of hydrogen-bond acceptors (Lipinski definition) is 3. The molecule has 0 saturated heterocycles. The van der Waals surface area contributed by atoms with Crippen molar-refractivity contribution in [1.29, 1.82) is 0 Å². The monoisotopic (exact) mass is 186 g/mol. The minimum Gasteiger partial charge on any atom is -0.507 e. The lowest BCUT2D eigenvalue weighted by molar-refractivity contribution is 0.462. The van der Waals surface area contributed by atoms with Crippen molar-refractivity contribution in [3.05, 3.63) is 24.3 Å². The Morgan fingerprint density at radius 1 is 1.36 bits per heavy atom. The first kappa shape index (κ1) is 8.81. The summed E-state index contributed by atoms with van der Waals surface area (Å²) in [7, 11) is 3.35. The first-order valence-corrected chi connectivity index (χ1v) is 5.74. The van der Waals surface area contributed by atoms with Crippen molar-refractivity contribution in [2.45, 2.75) is 11.8 Å². The molecular formula is C8H10OS2. The molecule has 1 nitrogen and oxygen atoms in total. The number of rotatable bonds is 3. The number of para-hydroxylation sites is 1. The van der Waals surface area contributed by atoms with E-state index in [4.69, 9.17) is 0 Å². The van der Waals surface area contributed by atoms with Crippen LogP contribution in [-0.2, 0) is 0 Å². The fourth-order valence-corrected chi connectivity index (χ4v) is 2.34. The molecule has 0 unspecified atom stereocenters. The Morgan fingerprint density at radius 2 is 2.09 bits per heavy atom. The molecule has 0 aliphatic carbocycles. The third kappa shape index (κ3) is 2.67. The third-order valence-electron chi connectivity index (χ3n) is 1.13. The fourth-order valence-electron chi connectivity index (χ4n) is 0.650. The van der Waals surface area contributed by atoms with Crippen LogP contribution < -0.4 is 0 Å². The van der Waals surface area contributed by atoms with Crippen molar-refractivity contribution in [3.63, 3.8) is 0 Å². The Bertz CT molecular complexity index is 225. The summed E-state index contributed by atoms with van der Waals surface area (Å²) in [5.74, 6) is 1.43. The number of benzene rings is 1. The largest absolute Gasteiger partial charge is 0.507 e. The standard InChI is InChI=1S/C8H10OS2/c1-2-10-11-8-6-4-3-5-7(8)9/h3-6,9H,2H2,1H3. The SMILES string of the molecule is CCSSc1ccccc1O. The average Bonchev–Trinajstić information content (AvgIpc) is 2.03. The van der Waals surface area contributed by atoms with Crippen LogP contribution in [0.4, 0.5) is 0 Å². The van der Waals surface area contributed by atoms with Gasteiger partial charge in [-0.2, -0.15) is 0 Å². The van der Waals surface area contributed by atoms with E-state index in [2.05, 4.69) is 6.92 Å². The molecule has 11 heavy (non-hydrogen) atoms. The van der Waals surface area contributed by atoms with Gasteiger partial charge in [0, 0.05) is 5.75 Å². The van der Waals surface area contributed by atoms with Gasteiger partial charge in [0.25, 0.3) is 0 Å². The molecule has 60 valence electrons. The highest BCUT2D eigenvalue weighted by molar-refractivity contribution is 8.76. The number of phenolic OH excluding ortho intramolecular Hbond substituents is 1. The minimum atomic E-state index is 0.374. The molecule has 0 heterocycles. The molecule has 0 radical (unpaired) electrons. The highest BCUT2D eigenvalue weighted by atomic mass is 33.1. The minimum absolute atomic E-state index is 0.374. The van der Waals surface area contributed by atoms with Crippen molar-refractivity contribution in [3.8, 4) is 5.75 Å². The highest BCUT2D eigenvalue weighted by Gasteiger charge is 1.98. The molecule has 0 fully saturated rings. The summed E-state index contributed by atoms with van der Waals surface area (Å²) >= 11 is 0. The summed E-state index contributed by atoms with van der Waals surface area (Å²) in [6.45, 7) is 2.09. The van der Waals surface area contributed by atoms with Gasteiger partial charge in [0.2, 0.25) is 0 Å². The summed E-state index contributed by atoms with van der Waals surface area (Å²) in [5.41, 5.74) is 0. The molecule has 1 N–H and O–H groups in total. The van der Waals surface area contributed by atoms with Gasteiger partial charge in [-0.15, -0.1) is 0 Å². The number of aromatic hydroxyl groups is 1. The number of phenols is 1. The second-order valence-corrected chi connectivity index (χ2v) is 4.58. The summed E-state index contributed by atoms with van der Waals surface area (Å²) in [6, 6.07) is 7.38. The van der Waals surface area contributed by atoms with Gasteiger partial charge in [0.15, 0.2) is 0 Å². The Balaban J connectivity index is 2.62. The Morgan fingerprint density at radius 3 is 2.73 bits per heavy atom. The van der Waals surface area contributed by atoms with E-state index in [0.29, 0.717) is 5.75 Å². The molecule has 0 amide bonds. The van der Waals surface area contributed by atoms with Crippen LogP contribution in [-0.4, -0.2) is 10.9 Å². The lowest BCUT2D eigenvalue weighted by atomic mass is 10.3. The van der Waals surface area contributed by atoms with Gasteiger partial charge in [0.1, 0.15) is 5.75 Å². The fraction of sp³-hybridized carbons (Fsp3) is 0.250. The second-order valence-electron chi connectivity index (χ2n) is 1.96. The van der Waals surface area contributed by atoms with Crippen LogP contribution in [0.25, 0.3) is 0 Å². The van der Waals surface area contributed by atoms with Crippen molar-refractivity contribution in [1.82, 2.24) is 0 Å². The molecule has 1 aromatic carbocycles. The predicted molar refractivity (Wildman–Crippen MR) is 52.1 cm³/mol. The zero-order chi connectivity index (χ0) is 8.10. The van der Waals surface area contributed by atoms with E-state index in [-0.39, 0.29) is 0 Å². The van der Waals surface area contributed by atoms with Crippen molar-refractivity contribution in [2.75, 3.05) is 5.75 Å².